The first-order valence-corrected chi connectivity index (χ1v) is 6.95. The van der Waals surface area contributed by atoms with Crippen LogP contribution in [0.15, 0.2) is 24.3 Å². The van der Waals surface area contributed by atoms with E-state index in [0.717, 1.165) is 31.1 Å². The van der Waals surface area contributed by atoms with Crippen LogP contribution in [0.25, 0.3) is 6.08 Å². The Morgan fingerprint density at radius 3 is 2.85 bits per heavy atom. The van der Waals surface area contributed by atoms with E-state index in [9.17, 15) is 9.18 Å². The first-order valence-electron chi connectivity index (χ1n) is 6.95. The monoisotopic (exact) mass is 277 g/mol. The average molecular weight is 277 g/mol. The number of carbonyl (C=O) groups is 1. The number of aliphatic carboxylic acids is 1. The summed E-state index contributed by atoms with van der Waals surface area (Å²) >= 11 is 0. The molecule has 3 nitrogen and oxygen atoms in total. The van der Waals surface area contributed by atoms with Crippen LogP contribution in [0.1, 0.15) is 32.3 Å². The molecule has 0 amide bonds. The molecule has 1 aromatic carbocycles. The van der Waals surface area contributed by atoms with Crippen molar-refractivity contribution in [1.29, 1.82) is 0 Å². The quantitative estimate of drug-likeness (QED) is 0.856. The molecule has 0 spiro atoms. The summed E-state index contributed by atoms with van der Waals surface area (Å²) in [6.07, 6.45) is 4.69. The number of hydrogen-bond acceptors (Lipinski definition) is 2. The van der Waals surface area contributed by atoms with Crippen LogP contribution < -0.4 is 4.90 Å². The highest BCUT2D eigenvalue weighted by molar-refractivity contribution is 5.85. The number of anilines is 1. The van der Waals surface area contributed by atoms with Gasteiger partial charge < -0.3 is 10.0 Å². The highest BCUT2D eigenvalue weighted by Gasteiger charge is 2.27. The number of nitrogens with zero attached hydrogens (tertiary/aromatic N) is 1. The van der Waals surface area contributed by atoms with Gasteiger partial charge >= 0.3 is 5.97 Å². The van der Waals surface area contributed by atoms with Crippen molar-refractivity contribution < 1.29 is 14.3 Å². The van der Waals surface area contributed by atoms with Crippen molar-refractivity contribution in [3.63, 3.8) is 0 Å². The Kier molecular flexibility index (Phi) is 4.42. The third kappa shape index (κ3) is 3.38. The van der Waals surface area contributed by atoms with Crippen LogP contribution >= 0.6 is 0 Å². The van der Waals surface area contributed by atoms with Crippen LogP contribution in [0.5, 0.6) is 0 Å². The van der Waals surface area contributed by atoms with Gasteiger partial charge in [-0.25, -0.2) is 9.18 Å². The van der Waals surface area contributed by atoms with Crippen molar-refractivity contribution >= 4 is 17.7 Å². The summed E-state index contributed by atoms with van der Waals surface area (Å²) < 4.78 is 13.7. The number of halogens is 1. The van der Waals surface area contributed by atoms with Crippen LogP contribution in [0, 0.1) is 11.7 Å². The molecule has 0 aliphatic carbocycles. The molecule has 20 heavy (non-hydrogen) atoms. The summed E-state index contributed by atoms with van der Waals surface area (Å²) in [6.45, 7) is 5.27. The lowest BCUT2D eigenvalue weighted by Gasteiger charge is -2.30. The minimum Gasteiger partial charge on any atom is -0.478 e. The van der Waals surface area contributed by atoms with Gasteiger partial charge in [-0.2, -0.15) is 0 Å². The highest BCUT2D eigenvalue weighted by Crippen LogP contribution is 2.31. The number of carboxylic acids is 1. The fourth-order valence-electron chi connectivity index (χ4n) is 2.83. The Hall–Kier alpha value is -1.84. The minimum absolute atomic E-state index is 0.332. The summed E-state index contributed by atoms with van der Waals surface area (Å²) in [5.74, 6) is -0.849. The third-order valence-electron chi connectivity index (χ3n) is 3.72. The molecule has 1 aliphatic heterocycles. The Morgan fingerprint density at radius 2 is 2.20 bits per heavy atom. The SMILES string of the molecule is CC(C)C1CCCN1c1cc(F)cc(/C=C/C(=O)O)c1. The van der Waals surface area contributed by atoms with Gasteiger partial charge in [-0.15, -0.1) is 0 Å². The Bertz CT molecular complexity index is 525. The van der Waals surface area contributed by atoms with Gasteiger partial charge in [0, 0.05) is 24.4 Å². The molecular weight excluding hydrogens is 257 g/mol. The summed E-state index contributed by atoms with van der Waals surface area (Å²) in [7, 11) is 0. The van der Waals surface area contributed by atoms with Crippen molar-refractivity contribution in [1.82, 2.24) is 0 Å². The Balaban J connectivity index is 2.30. The van der Waals surface area contributed by atoms with Crippen molar-refractivity contribution in [2.45, 2.75) is 32.7 Å². The lowest BCUT2D eigenvalue weighted by Crippen LogP contribution is -2.33. The number of hydrogen-bond donors (Lipinski definition) is 1. The van der Waals surface area contributed by atoms with Crippen LogP contribution in [0.3, 0.4) is 0 Å². The van der Waals surface area contributed by atoms with E-state index in [4.69, 9.17) is 5.11 Å². The molecule has 0 aromatic heterocycles. The van der Waals surface area contributed by atoms with Gasteiger partial charge in [-0.05, 0) is 48.6 Å². The zero-order valence-corrected chi connectivity index (χ0v) is 11.8. The molecule has 1 atom stereocenters. The van der Waals surface area contributed by atoms with Crippen molar-refractivity contribution in [2.24, 2.45) is 5.92 Å². The fraction of sp³-hybridized carbons (Fsp3) is 0.438. The van der Waals surface area contributed by atoms with E-state index < -0.39 is 5.97 Å². The maximum Gasteiger partial charge on any atom is 0.328 e. The molecule has 2 rings (SSSR count). The lowest BCUT2D eigenvalue weighted by molar-refractivity contribution is -0.131. The second-order valence-electron chi connectivity index (χ2n) is 5.56. The molecule has 108 valence electrons. The smallest absolute Gasteiger partial charge is 0.328 e. The Labute approximate surface area is 118 Å². The van der Waals surface area contributed by atoms with Crippen molar-refractivity contribution in [3.8, 4) is 0 Å². The number of rotatable bonds is 4. The molecule has 4 heteroatoms. The molecule has 1 N–H and O–H groups in total. The molecule has 0 saturated carbocycles. The normalized spacial score (nSPS) is 19.2. The first-order chi connectivity index (χ1) is 9.47. The van der Waals surface area contributed by atoms with E-state index in [1.807, 2.05) is 6.07 Å². The minimum atomic E-state index is -1.03. The number of benzene rings is 1. The molecular formula is C16H20FNO2. The summed E-state index contributed by atoms with van der Waals surface area (Å²) in [5.41, 5.74) is 1.42. The predicted octanol–water partition coefficient (Wildman–Crippen LogP) is 3.55. The maximum absolute atomic E-state index is 13.7. The Morgan fingerprint density at radius 1 is 1.45 bits per heavy atom. The van der Waals surface area contributed by atoms with Crippen molar-refractivity contribution in [3.05, 3.63) is 35.7 Å². The molecule has 0 bridgehead atoms. The second-order valence-corrected chi connectivity index (χ2v) is 5.56. The molecule has 0 radical (unpaired) electrons. The molecule has 1 saturated heterocycles. The van der Waals surface area contributed by atoms with Gasteiger partial charge in [0.15, 0.2) is 0 Å². The van der Waals surface area contributed by atoms with Crippen LogP contribution in [0.4, 0.5) is 10.1 Å². The molecule has 1 unspecified atom stereocenters. The zero-order chi connectivity index (χ0) is 14.7. The topological polar surface area (TPSA) is 40.5 Å². The zero-order valence-electron chi connectivity index (χ0n) is 11.8. The third-order valence-corrected chi connectivity index (χ3v) is 3.72. The van der Waals surface area contributed by atoms with Crippen LogP contribution in [-0.2, 0) is 4.79 Å². The predicted molar refractivity (Wildman–Crippen MR) is 78.3 cm³/mol. The van der Waals surface area contributed by atoms with Gasteiger partial charge in [0.05, 0.1) is 0 Å². The fourth-order valence-corrected chi connectivity index (χ4v) is 2.83. The average Bonchev–Trinajstić information content (AvgIpc) is 2.85. The molecule has 1 fully saturated rings. The van der Waals surface area contributed by atoms with E-state index >= 15 is 0 Å². The maximum atomic E-state index is 13.7. The van der Waals surface area contributed by atoms with Gasteiger partial charge in [-0.1, -0.05) is 13.8 Å². The highest BCUT2D eigenvalue weighted by atomic mass is 19.1. The summed E-state index contributed by atoms with van der Waals surface area (Å²) in [5, 5.41) is 8.65. The van der Waals surface area contributed by atoms with Gasteiger partial charge in [-0.3, -0.25) is 0 Å². The van der Waals surface area contributed by atoms with E-state index in [2.05, 4.69) is 18.7 Å². The van der Waals surface area contributed by atoms with Gasteiger partial charge in [0.2, 0.25) is 0 Å². The van der Waals surface area contributed by atoms with Gasteiger partial charge in [0.25, 0.3) is 0 Å². The van der Waals surface area contributed by atoms with E-state index in [1.165, 1.54) is 18.2 Å². The second kappa shape index (κ2) is 6.07. The van der Waals surface area contributed by atoms with Crippen LogP contribution in [-0.4, -0.2) is 23.7 Å². The first kappa shape index (κ1) is 14.6. The molecule has 1 aliphatic rings. The summed E-state index contributed by atoms with van der Waals surface area (Å²) in [4.78, 5) is 12.8. The summed E-state index contributed by atoms with van der Waals surface area (Å²) in [6, 6.07) is 5.15. The number of carboxylic acid groups (broad SMARTS) is 1. The van der Waals surface area contributed by atoms with Crippen LogP contribution in [0.2, 0.25) is 0 Å². The standard InChI is InChI=1S/C16H20FNO2/c1-11(2)15-4-3-7-18(15)14-9-12(5-6-16(19)20)8-13(17)10-14/h5-6,8-11,15H,3-4,7H2,1-2H3,(H,19,20)/b6-5+. The van der Waals surface area contributed by atoms with E-state index in [1.54, 1.807) is 0 Å². The largest absolute Gasteiger partial charge is 0.478 e. The lowest BCUT2D eigenvalue weighted by atomic mass is 10.0. The van der Waals surface area contributed by atoms with E-state index in [-0.39, 0.29) is 5.82 Å². The van der Waals surface area contributed by atoms with E-state index in [0.29, 0.717) is 17.5 Å². The van der Waals surface area contributed by atoms with Crippen molar-refractivity contribution in [2.75, 3.05) is 11.4 Å². The molecule has 1 heterocycles. The molecule has 1 aromatic rings. The van der Waals surface area contributed by atoms with Gasteiger partial charge in [0.1, 0.15) is 5.82 Å².